The van der Waals surface area contributed by atoms with Gasteiger partial charge in [0.2, 0.25) is 0 Å². The average Bonchev–Trinajstić information content (AvgIpc) is 2.86. The van der Waals surface area contributed by atoms with Gasteiger partial charge in [0.05, 0.1) is 5.69 Å². The summed E-state index contributed by atoms with van der Waals surface area (Å²) in [5.41, 5.74) is 2.74. The van der Waals surface area contributed by atoms with Crippen molar-refractivity contribution in [2.75, 3.05) is 0 Å². The second-order valence-electron chi connectivity index (χ2n) is 3.06. The number of aromatic nitrogens is 3. The van der Waals surface area contributed by atoms with Crippen LogP contribution in [0.5, 0.6) is 0 Å². The number of H-pyrrole nitrogens is 1. The molecule has 4 heteroatoms. The summed E-state index contributed by atoms with van der Waals surface area (Å²) >= 11 is 0. The van der Waals surface area contributed by atoms with Crippen molar-refractivity contribution in [3.8, 4) is 11.4 Å². The Hall–Kier alpha value is -2.10. The van der Waals surface area contributed by atoms with E-state index in [-0.39, 0.29) is 0 Å². The Morgan fingerprint density at radius 1 is 1.21 bits per heavy atom. The predicted molar refractivity (Wildman–Crippen MR) is 51.6 cm³/mol. The van der Waals surface area contributed by atoms with Gasteiger partial charge >= 0.3 is 0 Å². The van der Waals surface area contributed by atoms with E-state index >= 15 is 0 Å². The van der Waals surface area contributed by atoms with Gasteiger partial charge in [0, 0.05) is 16.2 Å². The maximum absolute atomic E-state index is 4.68. The van der Waals surface area contributed by atoms with Gasteiger partial charge in [-0.25, -0.2) is 0 Å². The first-order valence-electron chi connectivity index (χ1n) is 4.29. The highest BCUT2D eigenvalue weighted by Crippen LogP contribution is 2.21. The minimum Gasteiger partial charge on any atom is -0.353 e. The van der Waals surface area contributed by atoms with Crippen molar-refractivity contribution in [1.82, 2.24) is 15.4 Å². The van der Waals surface area contributed by atoms with Gasteiger partial charge in [-0.05, 0) is 12.1 Å². The molecular weight excluding hydrogens is 178 g/mol. The molecule has 0 saturated carbocycles. The van der Waals surface area contributed by atoms with Crippen LogP contribution >= 0.6 is 0 Å². The summed E-state index contributed by atoms with van der Waals surface area (Å²) in [6.45, 7) is 0. The molecule has 0 aliphatic carbocycles. The topological polar surface area (TPSA) is 54.7 Å². The summed E-state index contributed by atoms with van der Waals surface area (Å²) in [6.07, 6.45) is 1.52. The highest BCUT2D eigenvalue weighted by molar-refractivity contribution is 5.84. The number of nitrogens with zero attached hydrogens (tertiary/aromatic N) is 2. The van der Waals surface area contributed by atoms with Crippen molar-refractivity contribution in [3.05, 3.63) is 36.6 Å². The Bertz CT molecular complexity index is 521. The standard InChI is InChI=1S/C10H7N3O/c1-2-4-8-7(3-1)5-9(11-8)10-6-14-13-12-10/h1-6,11H. The van der Waals surface area contributed by atoms with Crippen LogP contribution in [0, 0.1) is 0 Å². The van der Waals surface area contributed by atoms with E-state index in [1.807, 2.05) is 30.3 Å². The van der Waals surface area contributed by atoms with Crippen LogP contribution in [0.1, 0.15) is 0 Å². The highest BCUT2D eigenvalue weighted by Gasteiger charge is 2.05. The number of hydrogen-bond acceptors (Lipinski definition) is 3. The van der Waals surface area contributed by atoms with E-state index < -0.39 is 0 Å². The molecular formula is C10H7N3O. The summed E-state index contributed by atoms with van der Waals surface area (Å²) in [5.74, 6) is 0. The Kier molecular flexibility index (Phi) is 1.41. The lowest BCUT2D eigenvalue weighted by Crippen LogP contribution is -1.75. The molecule has 0 aliphatic rings. The minimum absolute atomic E-state index is 0.723. The van der Waals surface area contributed by atoms with Crippen LogP contribution in [0.4, 0.5) is 0 Å². The first kappa shape index (κ1) is 7.32. The van der Waals surface area contributed by atoms with E-state index in [4.69, 9.17) is 0 Å². The Morgan fingerprint density at radius 3 is 2.93 bits per heavy atom. The maximum atomic E-state index is 4.68. The van der Waals surface area contributed by atoms with E-state index in [1.165, 1.54) is 6.26 Å². The van der Waals surface area contributed by atoms with Gasteiger partial charge in [-0.15, -0.1) is 5.10 Å². The van der Waals surface area contributed by atoms with Crippen LogP contribution in [0.15, 0.2) is 41.1 Å². The van der Waals surface area contributed by atoms with Gasteiger partial charge in [0.1, 0.15) is 0 Å². The normalized spacial score (nSPS) is 10.9. The molecule has 3 aromatic rings. The molecule has 0 saturated heterocycles. The molecule has 1 aromatic carbocycles. The van der Waals surface area contributed by atoms with Crippen molar-refractivity contribution >= 4 is 10.9 Å². The second-order valence-corrected chi connectivity index (χ2v) is 3.06. The van der Waals surface area contributed by atoms with Gasteiger partial charge in [-0.2, -0.15) is 0 Å². The molecule has 2 aromatic heterocycles. The molecule has 0 fully saturated rings. The molecule has 14 heavy (non-hydrogen) atoms. The number of rotatable bonds is 1. The third kappa shape index (κ3) is 1.01. The molecule has 4 nitrogen and oxygen atoms in total. The summed E-state index contributed by atoms with van der Waals surface area (Å²) < 4.78 is 4.68. The average molecular weight is 185 g/mol. The van der Waals surface area contributed by atoms with Crippen LogP contribution in [0.3, 0.4) is 0 Å². The number of para-hydroxylation sites is 1. The molecule has 0 radical (unpaired) electrons. The molecule has 0 atom stereocenters. The molecule has 0 unspecified atom stereocenters. The zero-order valence-electron chi connectivity index (χ0n) is 7.27. The first-order valence-corrected chi connectivity index (χ1v) is 4.29. The lowest BCUT2D eigenvalue weighted by molar-refractivity contribution is 0.393. The van der Waals surface area contributed by atoms with Crippen molar-refractivity contribution < 1.29 is 4.52 Å². The highest BCUT2D eigenvalue weighted by atomic mass is 16.5. The summed E-state index contributed by atoms with van der Waals surface area (Å²) in [5, 5.41) is 8.42. The largest absolute Gasteiger partial charge is 0.353 e. The lowest BCUT2D eigenvalue weighted by atomic mass is 10.2. The molecule has 0 amide bonds. The maximum Gasteiger partial charge on any atom is 0.153 e. The number of fused-ring (bicyclic) bond motifs is 1. The summed E-state index contributed by atoms with van der Waals surface area (Å²) in [6, 6.07) is 10.1. The number of aromatic amines is 1. The third-order valence-electron chi connectivity index (χ3n) is 2.17. The molecule has 1 N–H and O–H groups in total. The number of nitrogens with one attached hydrogen (secondary N) is 1. The van der Waals surface area contributed by atoms with Crippen LogP contribution in [-0.2, 0) is 0 Å². The Morgan fingerprint density at radius 2 is 2.14 bits per heavy atom. The van der Waals surface area contributed by atoms with E-state index in [0.717, 1.165) is 22.3 Å². The Balaban J connectivity index is 2.24. The fourth-order valence-electron chi connectivity index (χ4n) is 1.49. The molecule has 68 valence electrons. The SMILES string of the molecule is c1ccc2[nH]c(-c3conn3)cc2c1. The van der Waals surface area contributed by atoms with Crippen molar-refractivity contribution in [2.24, 2.45) is 0 Å². The van der Waals surface area contributed by atoms with Crippen molar-refractivity contribution in [2.45, 2.75) is 0 Å². The first-order chi connectivity index (χ1) is 6.93. The van der Waals surface area contributed by atoms with Gasteiger partial charge in [0.15, 0.2) is 12.0 Å². The van der Waals surface area contributed by atoms with Crippen molar-refractivity contribution in [1.29, 1.82) is 0 Å². The van der Waals surface area contributed by atoms with Gasteiger partial charge in [-0.1, -0.05) is 18.2 Å². The van der Waals surface area contributed by atoms with Crippen LogP contribution < -0.4 is 0 Å². The van der Waals surface area contributed by atoms with Crippen LogP contribution in [0.25, 0.3) is 22.3 Å². The fraction of sp³-hybridized carbons (Fsp3) is 0. The van der Waals surface area contributed by atoms with Crippen LogP contribution in [-0.4, -0.2) is 15.4 Å². The zero-order chi connectivity index (χ0) is 9.38. The van der Waals surface area contributed by atoms with Gasteiger partial charge < -0.3 is 9.51 Å². The number of benzene rings is 1. The quantitative estimate of drug-likeness (QED) is 0.632. The predicted octanol–water partition coefficient (Wildman–Crippen LogP) is 2.22. The lowest BCUT2D eigenvalue weighted by Gasteiger charge is -1.85. The van der Waals surface area contributed by atoms with E-state index in [0.29, 0.717) is 0 Å². The van der Waals surface area contributed by atoms with Crippen LogP contribution in [0.2, 0.25) is 0 Å². The van der Waals surface area contributed by atoms with Gasteiger partial charge in [0.25, 0.3) is 0 Å². The fourth-order valence-corrected chi connectivity index (χ4v) is 1.49. The number of hydrogen-bond donors (Lipinski definition) is 1. The molecule has 0 aliphatic heterocycles. The van der Waals surface area contributed by atoms with Gasteiger partial charge in [-0.3, -0.25) is 0 Å². The molecule has 0 spiro atoms. The molecule has 0 bridgehead atoms. The second kappa shape index (κ2) is 2.70. The summed E-state index contributed by atoms with van der Waals surface area (Å²) in [4.78, 5) is 3.24. The monoisotopic (exact) mass is 185 g/mol. The van der Waals surface area contributed by atoms with E-state index in [2.05, 4.69) is 19.9 Å². The Labute approximate surface area is 79.5 Å². The third-order valence-corrected chi connectivity index (χ3v) is 2.17. The molecule has 2 heterocycles. The molecule has 3 rings (SSSR count). The minimum atomic E-state index is 0.723. The van der Waals surface area contributed by atoms with E-state index in [9.17, 15) is 0 Å². The van der Waals surface area contributed by atoms with E-state index in [1.54, 1.807) is 0 Å². The summed E-state index contributed by atoms with van der Waals surface area (Å²) in [7, 11) is 0. The van der Waals surface area contributed by atoms with Crippen molar-refractivity contribution in [3.63, 3.8) is 0 Å². The zero-order valence-corrected chi connectivity index (χ0v) is 7.27. The smallest absolute Gasteiger partial charge is 0.153 e.